The number of hydrogen-bond donors (Lipinski definition) is 2. The minimum atomic E-state index is -4.17. The Balaban J connectivity index is 1.35. The van der Waals surface area contributed by atoms with Crippen molar-refractivity contribution < 1.29 is 26.5 Å². The summed E-state index contributed by atoms with van der Waals surface area (Å²) in [6.07, 6.45) is 6.54. The molecule has 0 unspecified atom stereocenters. The molecule has 2 aliphatic rings. The lowest BCUT2D eigenvalue weighted by Crippen LogP contribution is -2.49. The zero-order chi connectivity index (χ0) is 35.8. The number of amides is 1. The van der Waals surface area contributed by atoms with Crippen LogP contribution >= 0.6 is 11.6 Å². The average Bonchev–Trinajstić information content (AvgIpc) is 3.82. The Labute approximate surface area is 300 Å². The topological polar surface area (TPSA) is 118 Å². The van der Waals surface area contributed by atoms with E-state index in [9.17, 15) is 17.4 Å². The molecule has 2 N–H and O–H groups in total. The molecular weight excluding hydrogens is 699 g/mol. The minimum absolute atomic E-state index is 0.0192. The molecule has 1 saturated heterocycles. The molecule has 2 fully saturated rings. The first-order valence-corrected chi connectivity index (χ1v) is 19.6. The van der Waals surface area contributed by atoms with Crippen LogP contribution in [-0.2, 0) is 36.1 Å². The first-order chi connectivity index (χ1) is 23.7. The van der Waals surface area contributed by atoms with Gasteiger partial charge >= 0.3 is 0 Å². The summed E-state index contributed by atoms with van der Waals surface area (Å²) in [7, 11) is -4.22. The van der Waals surface area contributed by atoms with Crippen LogP contribution in [0.5, 0.6) is 0 Å². The quantitative estimate of drug-likeness (QED) is 0.163. The van der Waals surface area contributed by atoms with Gasteiger partial charge in [-0.2, -0.15) is 4.31 Å². The summed E-state index contributed by atoms with van der Waals surface area (Å²) < 4.78 is 66.9. The number of fused-ring (bicyclic) bond motifs is 1. The molecule has 1 aromatic heterocycles. The Bertz CT molecular complexity index is 2020. The maximum absolute atomic E-state index is 15.6. The zero-order valence-electron chi connectivity index (χ0n) is 28.5. The van der Waals surface area contributed by atoms with Gasteiger partial charge in [-0.1, -0.05) is 42.6 Å². The molecule has 1 amide bonds. The number of nitrogens with zero attached hydrogens (tertiary/aromatic N) is 2. The number of carbonyl (C=O) groups excluding carboxylic acids is 1. The summed E-state index contributed by atoms with van der Waals surface area (Å²) in [5.41, 5.74) is 0.312. The van der Waals surface area contributed by atoms with E-state index in [0.717, 1.165) is 34.5 Å². The highest BCUT2D eigenvalue weighted by Crippen LogP contribution is 2.43. The van der Waals surface area contributed by atoms with E-state index in [2.05, 4.69) is 15.0 Å². The van der Waals surface area contributed by atoms with Crippen molar-refractivity contribution in [3.05, 3.63) is 101 Å². The van der Waals surface area contributed by atoms with Gasteiger partial charge in [-0.05, 0) is 110 Å². The van der Waals surface area contributed by atoms with Gasteiger partial charge in [0.25, 0.3) is 0 Å². The van der Waals surface area contributed by atoms with Crippen molar-refractivity contribution in [3.63, 3.8) is 0 Å². The van der Waals surface area contributed by atoms with Crippen LogP contribution in [0.25, 0.3) is 10.8 Å². The molecule has 6 rings (SSSR count). The van der Waals surface area contributed by atoms with Gasteiger partial charge < -0.3 is 10.1 Å². The smallest absolute Gasteiger partial charge is 0.243 e. The largest absolute Gasteiger partial charge is 0.380 e. The molecule has 0 radical (unpaired) electrons. The lowest BCUT2D eigenvalue weighted by molar-refractivity contribution is -0.119. The molecule has 50 heavy (non-hydrogen) atoms. The number of anilines is 1. The van der Waals surface area contributed by atoms with E-state index >= 15 is 4.39 Å². The van der Waals surface area contributed by atoms with E-state index in [1.165, 1.54) is 19.2 Å². The summed E-state index contributed by atoms with van der Waals surface area (Å²) in [6, 6.07) is 16.9. The van der Waals surface area contributed by atoms with Gasteiger partial charge in [0.2, 0.25) is 15.9 Å². The molecule has 1 saturated carbocycles. The Morgan fingerprint density at radius 3 is 2.40 bits per heavy atom. The highest BCUT2D eigenvalue weighted by molar-refractivity contribution is 7.89. The van der Waals surface area contributed by atoms with Gasteiger partial charge in [-0.15, -0.1) is 0 Å². The molecule has 0 bridgehead atoms. The van der Waals surface area contributed by atoms with Crippen LogP contribution in [0.2, 0.25) is 5.02 Å². The third-order valence-electron chi connectivity index (χ3n) is 9.57. The number of ether oxygens (including phenoxy) is 1. The summed E-state index contributed by atoms with van der Waals surface area (Å²) in [6.45, 7) is 5.60. The SMILES string of the molecule is CO[C@@H]1C[C@H](C(=O)Nc2cc([C@](CCC3CC3)(N[S@](=O)C(C)(C)C)c3ccncc3)ccc2F)N(S(=O)(=O)c2ccc3cc(Cl)ccc3c2)C1. The molecule has 1 aliphatic heterocycles. The predicted octanol–water partition coefficient (Wildman–Crippen LogP) is 6.93. The number of rotatable bonds is 12. The van der Waals surface area contributed by atoms with Crippen LogP contribution < -0.4 is 10.0 Å². The van der Waals surface area contributed by atoms with Gasteiger partial charge in [-0.3, -0.25) is 9.78 Å². The summed E-state index contributed by atoms with van der Waals surface area (Å²) in [5, 5.41) is 4.69. The second-order valence-corrected chi connectivity index (χ2v) is 18.4. The Morgan fingerprint density at radius 1 is 1.02 bits per heavy atom. The number of sulfonamides is 1. The van der Waals surface area contributed by atoms with Crippen LogP contribution in [0, 0.1) is 11.7 Å². The molecule has 9 nitrogen and oxygen atoms in total. The number of halogens is 2. The third kappa shape index (κ3) is 7.66. The number of nitrogens with one attached hydrogen (secondary N) is 2. The number of carbonyl (C=O) groups is 1. The first-order valence-electron chi connectivity index (χ1n) is 16.7. The number of aromatic nitrogens is 1. The molecule has 4 aromatic rings. The molecular formula is C37H42ClFN4O5S2. The lowest BCUT2D eigenvalue weighted by Gasteiger charge is -2.38. The molecule has 266 valence electrons. The highest BCUT2D eigenvalue weighted by atomic mass is 35.5. The van der Waals surface area contributed by atoms with E-state index < -0.39 is 55.2 Å². The molecule has 1 aliphatic carbocycles. The zero-order valence-corrected chi connectivity index (χ0v) is 30.9. The van der Waals surface area contributed by atoms with E-state index in [-0.39, 0.29) is 23.5 Å². The summed E-state index contributed by atoms with van der Waals surface area (Å²) >= 11 is 6.12. The number of benzene rings is 3. The number of pyridine rings is 1. The molecule has 2 heterocycles. The van der Waals surface area contributed by atoms with E-state index in [1.807, 2.05) is 32.9 Å². The third-order valence-corrected chi connectivity index (χ3v) is 13.3. The predicted molar refractivity (Wildman–Crippen MR) is 195 cm³/mol. The molecule has 3 aromatic carbocycles. The molecule has 13 heteroatoms. The Hall–Kier alpha value is -3.26. The second kappa shape index (κ2) is 14.4. The highest BCUT2D eigenvalue weighted by Gasteiger charge is 2.45. The van der Waals surface area contributed by atoms with Crippen LogP contribution in [0.3, 0.4) is 0 Å². The standard InChI is InChI=1S/C37H42ClFN4O5S2/c1-36(2,3)49(45)42-37(16-13-24-5-6-24,27-14-17-40-18-15-27)28-9-12-32(39)33(21-28)41-35(44)34-22-30(48-4)23-43(34)50(46,47)31-11-8-25-19-29(38)10-7-26(25)20-31/h7-12,14-15,17-21,24,30,34,42H,5-6,13,16,22-23H2,1-4H3,(H,41,44)/t30-,34-,37-,49-/m1/s1. The maximum Gasteiger partial charge on any atom is 0.243 e. The average molecular weight is 741 g/mol. The van der Waals surface area contributed by atoms with Crippen molar-refractivity contribution >= 4 is 55.0 Å². The monoisotopic (exact) mass is 740 g/mol. The van der Waals surface area contributed by atoms with Crippen molar-refractivity contribution in [1.82, 2.24) is 14.0 Å². The molecule has 0 spiro atoms. The van der Waals surface area contributed by atoms with Crippen LogP contribution in [0.4, 0.5) is 10.1 Å². The van der Waals surface area contributed by atoms with Gasteiger partial charge in [0.05, 0.1) is 38.0 Å². The van der Waals surface area contributed by atoms with Crippen LogP contribution in [0.1, 0.15) is 64.0 Å². The normalized spacial score (nSPS) is 20.4. The van der Waals surface area contributed by atoms with Gasteiger partial charge in [0.15, 0.2) is 0 Å². The van der Waals surface area contributed by atoms with Crippen molar-refractivity contribution in [3.8, 4) is 0 Å². The Kier molecular flexibility index (Phi) is 10.5. The fourth-order valence-electron chi connectivity index (χ4n) is 6.44. The van der Waals surface area contributed by atoms with Crippen LogP contribution in [-0.4, -0.2) is 58.4 Å². The lowest BCUT2D eigenvalue weighted by atomic mass is 9.79. The number of methoxy groups -OCH3 is 1. The second-order valence-electron chi connectivity index (χ2n) is 14.1. The van der Waals surface area contributed by atoms with Crippen molar-refractivity contribution in [2.24, 2.45) is 5.92 Å². The van der Waals surface area contributed by atoms with Gasteiger partial charge in [0, 0.05) is 37.5 Å². The van der Waals surface area contributed by atoms with Gasteiger partial charge in [0.1, 0.15) is 11.9 Å². The fourth-order valence-corrected chi connectivity index (χ4v) is 9.24. The minimum Gasteiger partial charge on any atom is -0.380 e. The first kappa shape index (κ1) is 36.5. The van der Waals surface area contributed by atoms with Crippen molar-refractivity contribution in [2.45, 2.75) is 80.2 Å². The van der Waals surface area contributed by atoms with Gasteiger partial charge in [-0.25, -0.2) is 21.7 Å². The Morgan fingerprint density at radius 2 is 1.72 bits per heavy atom. The van der Waals surface area contributed by atoms with Crippen molar-refractivity contribution in [2.75, 3.05) is 19.0 Å². The number of hydrogen-bond acceptors (Lipinski definition) is 6. The summed E-state index contributed by atoms with van der Waals surface area (Å²) in [4.78, 5) is 18.2. The van der Waals surface area contributed by atoms with E-state index in [4.69, 9.17) is 16.3 Å². The summed E-state index contributed by atoms with van der Waals surface area (Å²) in [5.74, 6) is -0.825. The fraction of sp³-hybridized carbons (Fsp3) is 0.405. The maximum atomic E-state index is 15.6. The van der Waals surface area contributed by atoms with Crippen molar-refractivity contribution in [1.29, 1.82) is 0 Å². The molecule has 4 atom stereocenters. The van der Waals surface area contributed by atoms with E-state index in [0.29, 0.717) is 28.3 Å². The van der Waals surface area contributed by atoms with E-state index in [1.54, 1.807) is 54.9 Å². The van der Waals surface area contributed by atoms with Crippen LogP contribution in [0.15, 0.2) is 84.0 Å².